The number of hydrogen-bond donors (Lipinski definition) is 1. The van der Waals surface area contributed by atoms with Crippen LogP contribution in [0.4, 0.5) is 5.69 Å². The number of aryl methyl sites for hydroxylation is 1. The molecule has 1 aromatic heterocycles. The van der Waals surface area contributed by atoms with Crippen LogP contribution in [-0.4, -0.2) is 21.1 Å². The van der Waals surface area contributed by atoms with Crippen LogP contribution in [0.25, 0.3) is 10.9 Å². The molecule has 6 heteroatoms. The molecule has 2 unspecified atom stereocenters. The Morgan fingerprint density at radius 1 is 1.52 bits per heavy atom. The first kappa shape index (κ1) is 8.07. The molecule has 1 aliphatic carbocycles. The van der Waals surface area contributed by atoms with E-state index in [0.717, 1.165) is 0 Å². The number of nitrogens with zero attached hydrogens (tertiary/aromatic N) is 2. The van der Waals surface area contributed by atoms with Gasteiger partial charge in [0, 0.05) is 14.8 Å². The largest absolute Gasteiger partial charge is 0.398 e. The molecule has 2 atom stereocenters. The lowest BCUT2D eigenvalue weighted by atomic mass is 9.92. The molecule has 0 bridgehead atoms. The molecule has 1 aliphatic rings. The van der Waals surface area contributed by atoms with Crippen LogP contribution in [0.2, 0.25) is 0 Å². The summed E-state index contributed by atoms with van der Waals surface area (Å²) in [6.45, 7) is -0.644. The first-order valence-electron chi connectivity index (χ1n) is 9.41. The fourth-order valence-electron chi connectivity index (χ4n) is 2.25. The first-order chi connectivity index (χ1) is 12.5. The normalized spacial score (nSPS) is 30.2. The van der Waals surface area contributed by atoms with Crippen molar-refractivity contribution in [3.8, 4) is 0 Å². The number of anilines is 1. The van der Waals surface area contributed by atoms with Crippen molar-refractivity contribution in [3.63, 3.8) is 0 Å². The van der Waals surface area contributed by atoms with Crippen LogP contribution >= 0.6 is 0 Å². The highest BCUT2D eigenvalue weighted by Gasteiger charge is 2.30. The van der Waals surface area contributed by atoms with Gasteiger partial charge in [-0.05, 0) is 25.4 Å². The van der Waals surface area contributed by atoms with Gasteiger partial charge in [-0.1, -0.05) is 6.04 Å². The molecule has 2 aromatic rings. The fraction of sp³-hybridized carbons (Fsp3) is 0.333. The minimum absolute atomic E-state index is 0.304. The molecule has 1 saturated carbocycles. The Kier molecular flexibility index (Phi) is 1.84. The summed E-state index contributed by atoms with van der Waals surface area (Å²) in [5, 5.41) is -0.415. The SMILES string of the molecule is [2H]Cc1nc2c([2H])c([2H])c([2H])c(N)c2c(=O)n1C1([2H])C(=O)CC(=O)CC1[2H]. The molecule has 0 aliphatic heterocycles. The maximum Gasteiger partial charge on any atom is 0.264 e. The molecule has 0 spiro atoms. The average Bonchev–Trinajstić information content (AvgIpc) is 2.61. The molecular weight excluding hydrogens is 270 g/mol. The third kappa shape index (κ3) is 2.12. The second-order valence-electron chi connectivity index (χ2n) is 4.61. The molecule has 1 heterocycles. The highest BCUT2D eigenvalue weighted by molar-refractivity contribution is 6.03. The number of hydrogen-bond acceptors (Lipinski definition) is 5. The minimum Gasteiger partial charge on any atom is -0.398 e. The fourth-order valence-corrected chi connectivity index (χ4v) is 2.25. The molecule has 0 amide bonds. The van der Waals surface area contributed by atoms with Crippen LogP contribution in [0, 0.1) is 6.90 Å². The molecule has 108 valence electrons. The Labute approximate surface area is 129 Å². The highest BCUT2D eigenvalue weighted by Crippen LogP contribution is 2.24. The van der Waals surface area contributed by atoms with E-state index in [1.165, 1.54) is 0 Å². The lowest BCUT2D eigenvalue weighted by Gasteiger charge is -2.24. The van der Waals surface area contributed by atoms with Gasteiger partial charge in [0.2, 0.25) is 0 Å². The van der Waals surface area contributed by atoms with Gasteiger partial charge in [0.1, 0.15) is 11.6 Å². The van der Waals surface area contributed by atoms with E-state index in [9.17, 15) is 14.4 Å². The van der Waals surface area contributed by atoms with E-state index >= 15 is 0 Å². The predicted octanol–water partition coefficient (Wildman–Crippen LogP) is 1.15. The van der Waals surface area contributed by atoms with Crippen LogP contribution in [0.1, 0.15) is 39.3 Å². The molecule has 21 heavy (non-hydrogen) atoms. The number of carbonyl (C=O) groups excluding carboxylic acids is 2. The van der Waals surface area contributed by atoms with Crippen LogP contribution < -0.4 is 11.3 Å². The molecule has 6 nitrogen and oxygen atoms in total. The van der Waals surface area contributed by atoms with Gasteiger partial charge in [-0.3, -0.25) is 19.0 Å². The zero-order chi connectivity index (χ0) is 20.3. The molecule has 3 rings (SSSR count). The molecule has 0 radical (unpaired) electrons. The van der Waals surface area contributed by atoms with E-state index in [4.69, 9.17) is 14.0 Å². The van der Waals surface area contributed by atoms with Crippen LogP contribution in [0.3, 0.4) is 0 Å². The quantitative estimate of drug-likeness (QED) is 0.628. The summed E-state index contributed by atoms with van der Waals surface area (Å²) in [5.41, 5.74) is 3.99. The third-order valence-corrected chi connectivity index (χ3v) is 3.21. The number of aromatic nitrogens is 2. The number of carbonyl (C=O) groups is 2. The average molecular weight is 291 g/mol. The van der Waals surface area contributed by atoms with Crippen molar-refractivity contribution in [2.75, 3.05) is 5.73 Å². The number of rotatable bonds is 1. The van der Waals surface area contributed by atoms with Crippen LogP contribution in [-0.2, 0) is 9.59 Å². The van der Waals surface area contributed by atoms with Gasteiger partial charge in [-0.25, -0.2) is 4.98 Å². The number of ketones is 2. The number of nitrogens with two attached hydrogens (primary N) is 1. The topological polar surface area (TPSA) is 95.0 Å². The molecule has 1 aromatic carbocycles. The van der Waals surface area contributed by atoms with Gasteiger partial charge in [-0.15, -0.1) is 0 Å². The van der Waals surface area contributed by atoms with Gasteiger partial charge >= 0.3 is 0 Å². The monoisotopic (exact) mass is 291 g/mol. The smallest absolute Gasteiger partial charge is 0.264 e. The summed E-state index contributed by atoms with van der Waals surface area (Å²) < 4.78 is 48.2. The Morgan fingerprint density at radius 3 is 3.05 bits per heavy atom. The summed E-state index contributed by atoms with van der Waals surface area (Å²) in [5.74, 6) is -1.84. The van der Waals surface area contributed by atoms with Gasteiger partial charge in [0.15, 0.2) is 5.78 Å². The highest BCUT2D eigenvalue weighted by atomic mass is 16.2. The minimum atomic E-state index is -2.47. The van der Waals surface area contributed by atoms with E-state index in [1.807, 2.05) is 0 Å². The van der Waals surface area contributed by atoms with E-state index < -0.39 is 78.5 Å². The Morgan fingerprint density at radius 2 is 2.33 bits per heavy atom. The van der Waals surface area contributed by atoms with Crippen molar-refractivity contribution >= 4 is 28.2 Å². The third-order valence-electron chi connectivity index (χ3n) is 3.21. The molecule has 2 N–H and O–H groups in total. The summed E-state index contributed by atoms with van der Waals surface area (Å²) in [6, 6.07) is -4.12. The van der Waals surface area contributed by atoms with Crippen LogP contribution in [0.5, 0.6) is 0 Å². The maximum atomic E-state index is 13.1. The lowest BCUT2D eigenvalue weighted by Crippen LogP contribution is -2.36. The van der Waals surface area contributed by atoms with Gasteiger partial charge in [0.25, 0.3) is 5.56 Å². The van der Waals surface area contributed by atoms with Gasteiger partial charge in [0.05, 0.1) is 28.8 Å². The predicted molar refractivity (Wildman–Crippen MR) is 78.1 cm³/mol. The summed E-state index contributed by atoms with van der Waals surface area (Å²) in [4.78, 5) is 41.1. The Bertz CT molecular complexity index is 1070. The van der Waals surface area contributed by atoms with Gasteiger partial charge in [-0.2, -0.15) is 0 Å². The molecular formula is C15H15N3O3. The van der Waals surface area contributed by atoms with Crippen molar-refractivity contribution in [1.29, 1.82) is 0 Å². The van der Waals surface area contributed by atoms with E-state index in [-0.39, 0.29) is 11.3 Å². The number of benzene rings is 1. The van der Waals surface area contributed by atoms with Crippen molar-refractivity contribution in [1.82, 2.24) is 9.55 Å². The zero-order valence-electron chi connectivity index (χ0n) is 16.9. The number of fused-ring (bicyclic) bond motifs is 1. The first-order valence-corrected chi connectivity index (χ1v) is 6.13. The van der Waals surface area contributed by atoms with Crippen molar-refractivity contribution in [3.05, 3.63) is 34.3 Å². The zero-order valence-corrected chi connectivity index (χ0v) is 10.9. The second kappa shape index (κ2) is 4.80. The summed E-state index contributed by atoms with van der Waals surface area (Å²) in [6.07, 6.45) is -2.61. The van der Waals surface area contributed by atoms with Crippen molar-refractivity contribution < 1.29 is 17.8 Å². The molecule has 1 fully saturated rings. The van der Waals surface area contributed by atoms with Crippen LogP contribution in [0.15, 0.2) is 22.9 Å². The van der Waals surface area contributed by atoms with Gasteiger partial charge < -0.3 is 5.73 Å². The number of nitrogen functional groups attached to an aromatic ring is 1. The molecule has 0 saturated heterocycles. The summed E-state index contributed by atoms with van der Waals surface area (Å²) in [7, 11) is 0. The van der Waals surface area contributed by atoms with E-state index in [2.05, 4.69) is 4.98 Å². The maximum absolute atomic E-state index is 13.1. The summed E-state index contributed by atoms with van der Waals surface area (Å²) >= 11 is 0. The lowest BCUT2D eigenvalue weighted by molar-refractivity contribution is -0.132. The second-order valence-corrected chi connectivity index (χ2v) is 4.61. The number of Topliss-reactive ketones (excluding diaryl/α,β-unsaturated/α-hetero) is 2. The van der Waals surface area contributed by atoms with E-state index in [1.54, 1.807) is 0 Å². The van der Waals surface area contributed by atoms with Crippen molar-refractivity contribution in [2.45, 2.75) is 32.2 Å². The standard InChI is InChI=1S/C15H15N3O3/c1-8-17-11-4-2-3-10(16)14(11)15(21)18(8)12-6-5-9(19)7-13(12)20/h2-4,12H,5-7,16H2,1H3/i1D,2D,3D,4D,6D,12D. The Balaban J connectivity index is 2.48. The Hall–Kier alpha value is -2.50. The van der Waals surface area contributed by atoms with Crippen molar-refractivity contribution in [2.24, 2.45) is 0 Å². The van der Waals surface area contributed by atoms with E-state index in [0.29, 0.717) is 4.57 Å².